The fourth-order valence-electron chi connectivity index (χ4n) is 1.96. The Labute approximate surface area is 94.6 Å². The fraction of sp³-hybridized carbons (Fsp3) is 0.900. The van der Waals surface area contributed by atoms with Gasteiger partial charge in [0, 0.05) is 13.1 Å². The molecule has 0 aromatic rings. The molecule has 16 heavy (non-hydrogen) atoms. The molecule has 2 rings (SSSR count). The van der Waals surface area contributed by atoms with Gasteiger partial charge in [-0.15, -0.1) is 0 Å². The first kappa shape index (κ1) is 11.8. The molecule has 2 fully saturated rings. The highest BCUT2D eigenvalue weighted by atomic mass is 16.6. The fourth-order valence-corrected chi connectivity index (χ4v) is 1.96. The van der Waals surface area contributed by atoms with Gasteiger partial charge in [-0.25, -0.2) is 0 Å². The first-order chi connectivity index (χ1) is 7.83. The molecular formula is C10H18N2O4. The van der Waals surface area contributed by atoms with Gasteiger partial charge in [-0.2, -0.15) is 0 Å². The van der Waals surface area contributed by atoms with Crippen molar-refractivity contribution in [3.05, 3.63) is 0 Å². The number of morpholine rings is 1. The largest absolute Gasteiger partial charge is 0.377 e. The molecule has 2 unspecified atom stereocenters. The molecule has 6 nitrogen and oxygen atoms in total. The number of nitrogens with zero attached hydrogens (tertiary/aromatic N) is 1. The Morgan fingerprint density at radius 2 is 2.06 bits per heavy atom. The van der Waals surface area contributed by atoms with E-state index < -0.39 is 6.10 Å². The topological polar surface area (TPSA) is 74.0 Å². The molecule has 2 aliphatic heterocycles. The van der Waals surface area contributed by atoms with E-state index >= 15 is 0 Å². The maximum atomic E-state index is 12.1. The lowest BCUT2D eigenvalue weighted by Gasteiger charge is -2.37. The number of carbonyl (C=O) groups excluding carboxylic acids is 1. The second kappa shape index (κ2) is 5.58. The van der Waals surface area contributed by atoms with Crippen LogP contribution in [0.2, 0.25) is 0 Å². The summed E-state index contributed by atoms with van der Waals surface area (Å²) in [6.07, 6.45) is -0.471. The van der Waals surface area contributed by atoms with Gasteiger partial charge in [0.25, 0.3) is 5.91 Å². The Kier molecular flexibility index (Phi) is 4.11. The average molecular weight is 230 g/mol. The Morgan fingerprint density at radius 3 is 2.75 bits per heavy atom. The molecule has 0 bridgehead atoms. The summed E-state index contributed by atoms with van der Waals surface area (Å²) < 4.78 is 15.9. The summed E-state index contributed by atoms with van der Waals surface area (Å²) in [5, 5.41) is 0. The van der Waals surface area contributed by atoms with Gasteiger partial charge in [-0.1, -0.05) is 0 Å². The second-order valence-corrected chi connectivity index (χ2v) is 3.93. The lowest BCUT2D eigenvalue weighted by atomic mass is 10.2. The lowest BCUT2D eigenvalue weighted by molar-refractivity contribution is -0.165. The maximum Gasteiger partial charge on any atom is 0.254 e. The van der Waals surface area contributed by atoms with Crippen molar-refractivity contribution in [3.63, 3.8) is 0 Å². The van der Waals surface area contributed by atoms with Crippen LogP contribution in [0.5, 0.6) is 0 Å². The van der Waals surface area contributed by atoms with E-state index in [2.05, 4.69) is 0 Å². The molecule has 2 aliphatic rings. The molecule has 92 valence electrons. The molecule has 0 spiro atoms. The molecule has 0 aromatic heterocycles. The molecule has 2 heterocycles. The van der Waals surface area contributed by atoms with E-state index in [1.807, 2.05) is 0 Å². The third-order valence-electron chi connectivity index (χ3n) is 2.87. The zero-order valence-corrected chi connectivity index (χ0v) is 9.26. The molecule has 2 atom stereocenters. The van der Waals surface area contributed by atoms with E-state index in [9.17, 15) is 4.79 Å². The summed E-state index contributed by atoms with van der Waals surface area (Å²) in [6, 6.07) is -0.0354. The van der Waals surface area contributed by atoms with Crippen LogP contribution in [0, 0.1) is 0 Å². The number of hydrogen-bond acceptors (Lipinski definition) is 5. The van der Waals surface area contributed by atoms with E-state index in [0.29, 0.717) is 46.1 Å². The van der Waals surface area contributed by atoms with Crippen molar-refractivity contribution in [2.75, 3.05) is 46.1 Å². The molecule has 0 saturated carbocycles. The van der Waals surface area contributed by atoms with Gasteiger partial charge in [0.1, 0.15) is 0 Å². The zero-order valence-electron chi connectivity index (χ0n) is 9.26. The standard InChI is InChI=1S/C10H18N2O4/c11-5-8-6-14-2-1-12(8)10(13)9-7-15-3-4-16-9/h8-9H,1-7,11H2. The molecule has 0 aromatic carbocycles. The molecule has 0 radical (unpaired) electrons. The number of ether oxygens (including phenoxy) is 3. The van der Waals surface area contributed by atoms with Crippen LogP contribution in [0.1, 0.15) is 0 Å². The molecule has 6 heteroatoms. The molecule has 2 saturated heterocycles. The van der Waals surface area contributed by atoms with Crippen LogP contribution >= 0.6 is 0 Å². The highest BCUT2D eigenvalue weighted by molar-refractivity contribution is 5.81. The van der Waals surface area contributed by atoms with Gasteiger partial charge in [0.05, 0.1) is 39.1 Å². The first-order valence-electron chi connectivity index (χ1n) is 5.60. The van der Waals surface area contributed by atoms with E-state index in [4.69, 9.17) is 19.9 Å². The predicted molar refractivity (Wildman–Crippen MR) is 55.9 cm³/mol. The Bertz CT molecular complexity index is 243. The molecule has 2 N–H and O–H groups in total. The number of amides is 1. The number of nitrogens with two attached hydrogens (primary N) is 1. The van der Waals surface area contributed by atoms with Gasteiger partial charge in [-0.3, -0.25) is 4.79 Å². The first-order valence-corrected chi connectivity index (χ1v) is 5.60. The van der Waals surface area contributed by atoms with E-state index in [1.165, 1.54) is 0 Å². The maximum absolute atomic E-state index is 12.1. The SMILES string of the molecule is NCC1COCCN1C(=O)C1COCCO1. The monoisotopic (exact) mass is 230 g/mol. The van der Waals surface area contributed by atoms with Crippen LogP contribution < -0.4 is 5.73 Å². The lowest BCUT2D eigenvalue weighted by Crippen LogP contribution is -2.56. The zero-order chi connectivity index (χ0) is 11.4. The average Bonchev–Trinajstić information content (AvgIpc) is 2.39. The number of carbonyl (C=O) groups is 1. The van der Waals surface area contributed by atoms with Gasteiger partial charge < -0.3 is 24.8 Å². The number of hydrogen-bond donors (Lipinski definition) is 1. The Morgan fingerprint density at radius 1 is 1.25 bits per heavy atom. The van der Waals surface area contributed by atoms with Crippen molar-refractivity contribution in [3.8, 4) is 0 Å². The Balaban J connectivity index is 1.95. The van der Waals surface area contributed by atoms with Crippen LogP contribution in [-0.4, -0.2) is 69.1 Å². The summed E-state index contributed by atoms with van der Waals surface area (Å²) in [5.74, 6) is -0.0292. The van der Waals surface area contributed by atoms with Crippen LogP contribution in [0.3, 0.4) is 0 Å². The van der Waals surface area contributed by atoms with Gasteiger partial charge in [-0.05, 0) is 0 Å². The highest BCUT2D eigenvalue weighted by Crippen LogP contribution is 2.11. The van der Waals surface area contributed by atoms with E-state index in [1.54, 1.807) is 4.90 Å². The van der Waals surface area contributed by atoms with Gasteiger partial charge in [0.15, 0.2) is 6.10 Å². The van der Waals surface area contributed by atoms with Crippen molar-refractivity contribution in [1.82, 2.24) is 4.90 Å². The van der Waals surface area contributed by atoms with Crippen molar-refractivity contribution in [2.45, 2.75) is 12.1 Å². The molecule has 1 amide bonds. The minimum Gasteiger partial charge on any atom is -0.377 e. The smallest absolute Gasteiger partial charge is 0.254 e. The normalized spacial score (nSPS) is 31.4. The van der Waals surface area contributed by atoms with Crippen LogP contribution in [-0.2, 0) is 19.0 Å². The quantitative estimate of drug-likeness (QED) is 0.631. The van der Waals surface area contributed by atoms with E-state index in [-0.39, 0.29) is 11.9 Å². The van der Waals surface area contributed by atoms with E-state index in [0.717, 1.165) is 0 Å². The summed E-state index contributed by atoms with van der Waals surface area (Å²) in [6.45, 7) is 3.46. The van der Waals surface area contributed by atoms with Gasteiger partial charge in [0.2, 0.25) is 0 Å². The summed E-state index contributed by atoms with van der Waals surface area (Å²) in [4.78, 5) is 13.9. The van der Waals surface area contributed by atoms with Gasteiger partial charge >= 0.3 is 0 Å². The van der Waals surface area contributed by atoms with Crippen LogP contribution in [0.15, 0.2) is 0 Å². The summed E-state index contributed by atoms with van der Waals surface area (Å²) >= 11 is 0. The van der Waals surface area contributed by atoms with Crippen LogP contribution in [0.25, 0.3) is 0 Å². The third-order valence-corrected chi connectivity index (χ3v) is 2.87. The molecule has 0 aliphatic carbocycles. The number of rotatable bonds is 2. The predicted octanol–water partition coefficient (Wildman–Crippen LogP) is -1.41. The Hall–Kier alpha value is -0.690. The van der Waals surface area contributed by atoms with Crippen molar-refractivity contribution < 1.29 is 19.0 Å². The minimum atomic E-state index is -0.471. The minimum absolute atomic E-state index is 0.0292. The summed E-state index contributed by atoms with van der Waals surface area (Å²) in [7, 11) is 0. The second-order valence-electron chi connectivity index (χ2n) is 3.93. The van der Waals surface area contributed by atoms with Crippen LogP contribution in [0.4, 0.5) is 0 Å². The van der Waals surface area contributed by atoms with Crippen molar-refractivity contribution >= 4 is 5.91 Å². The summed E-state index contributed by atoms with van der Waals surface area (Å²) in [5.41, 5.74) is 5.62. The third kappa shape index (κ3) is 2.52. The molecular weight excluding hydrogens is 212 g/mol. The van der Waals surface area contributed by atoms with Crippen molar-refractivity contribution in [2.24, 2.45) is 5.73 Å². The van der Waals surface area contributed by atoms with Crippen molar-refractivity contribution in [1.29, 1.82) is 0 Å². The highest BCUT2D eigenvalue weighted by Gasteiger charge is 2.33.